The maximum atomic E-state index is 11.8. The van der Waals surface area contributed by atoms with E-state index in [0.29, 0.717) is 23.6 Å². The van der Waals surface area contributed by atoms with Crippen molar-refractivity contribution in [2.45, 2.75) is 24.0 Å². The molecule has 1 aromatic rings. The predicted molar refractivity (Wildman–Crippen MR) is 70.0 cm³/mol. The molecule has 0 aliphatic carbocycles. The number of thiophene rings is 1. The summed E-state index contributed by atoms with van der Waals surface area (Å²) in [5.74, 6) is 2.47. The second kappa shape index (κ2) is 5.82. The van der Waals surface area contributed by atoms with Crippen molar-refractivity contribution >= 4 is 37.3 Å². The summed E-state index contributed by atoms with van der Waals surface area (Å²) in [6, 6.07) is 1.65. The van der Waals surface area contributed by atoms with Gasteiger partial charge >= 0.3 is 0 Å². The molecule has 0 spiro atoms. The Kier molecular flexibility index (Phi) is 4.99. The Balaban J connectivity index is 2.68. The van der Waals surface area contributed by atoms with Crippen LogP contribution in [0.15, 0.2) is 14.1 Å². The maximum absolute atomic E-state index is 11.8. The fraction of sp³-hybridized carbons (Fsp3) is 0.400. The third-order valence-electron chi connectivity index (χ3n) is 1.89. The normalized spacial score (nSPS) is 11.3. The molecule has 1 heterocycles. The van der Waals surface area contributed by atoms with Crippen molar-refractivity contribution in [1.82, 2.24) is 4.72 Å². The Morgan fingerprint density at radius 3 is 2.81 bits per heavy atom. The van der Waals surface area contributed by atoms with Crippen LogP contribution >= 0.6 is 27.3 Å². The lowest BCUT2D eigenvalue weighted by Gasteiger charge is -2.02. The highest BCUT2D eigenvalue weighted by Gasteiger charge is 2.17. The molecule has 0 radical (unpaired) electrons. The van der Waals surface area contributed by atoms with Crippen LogP contribution in [0.3, 0.4) is 0 Å². The minimum absolute atomic E-state index is 0.331. The van der Waals surface area contributed by atoms with Crippen LogP contribution in [0, 0.1) is 19.3 Å². The van der Waals surface area contributed by atoms with E-state index in [-0.39, 0.29) is 0 Å². The molecule has 1 N–H and O–H groups in total. The van der Waals surface area contributed by atoms with Crippen LogP contribution in [0.4, 0.5) is 0 Å². The van der Waals surface area contributed by atoms with E-state index in [1.807, 2.05) is 6.92 Å². The number of nitrogens with one attached hydrogen (secondary N) is 1. The lowest BCUT2D eigenvalue weighted by molar-refractivity contribution is 0.582. The van der Waals surface area contributed by atoms with Crippen molar-refractivity contribution in [3.63, 3.8) is 0 Å². The van der Waals surface area contributed by atoms with E-state index >= 15 is 0 Å². The SMILES string of the molecule is C#CCCCNS(=O)(=O)c1cc(C)c(Br)s1. The zero-order valence-electron chi connectivity index (χ0n) is 8.79. The first-order valence-corrected chi connectivity index (χ1v) is 7.75. The van der Waals surface area contributed by atoms with Crippen LogP contribution in [-0.4, -0.2) is 15.0 Å². The van der Waals surface area contributed by atoms with E-state index in [1.54, 1.807) is 6.07 Å². The van der Waals surface area contributed by atoms with Crippen molar-refractivity contribution in [3.8, 4) is 12.3 Å². The molecule has 0 aliphatic rings. The first kappa shape index (κ1) is 13.7. The number of halogens is 1. The maximum Gasteiger partial charge on any atom is 0.250 e. The van der Waals surface area contributed by atoms with E-state index in [1.165, 1.54) is 11.3 Å². The van der Waals surface area contributed by atoms with Crippen LogP contribution in [0.2, 0.25) is 0 Å². The van der Waals surface area contributed by atoms with Gasteiger partial charge in [0.25, 0.3) is 0 Å². The van der Waals surface area contributed by atoms with E-state index < -0.39 is 10.0 Å². The molecule has 16 heavy (non-hydrogen) atoms. The summed E-state index contributed by atoms with van der Waals surface area (Å²) >= 11 is 4.51. The number of hydrogen-bond acceptors (Lipinski definition) is 3. The zero-order chi connectivity index (χ0) is 12.2. The molecule has 88 valence electrons. The Morgan fingerprint density at radius 2 is 2.31 bits per heavy atom. The molecule has 6 heteroatoms. The Labute approximate surface area is 108 Å². The van der Waals surface area contributed by atoms with Crippen molar-refractivity contribution in [3.05, 3.63) is 15.4 Å². The molecule has 0 amide bonds. The van der Waals surface area contributed by atoms with E-state index in [0.717, 1.165) is 9.35 Å². The van der Waals surface area contributed by atoms with Gasteiger partial charge in [0, 0.05) is 13.0 Å². The topological polar surface area (TPSA) is 46.2 Å². The smallest absolute Gasteiger partial charge is 0.210 e. The fourth-order valence-corrected chi connectivity index (χ4v) is 4.38. The summed E-state index contributed by atoms with van der Waals surface area (Å²) in [4.78, 5) is 0. The molecule has 0 aromatic carbocycles. The summed E-state index contributed by atoms with van der Waals surface area (Å²) in [6.45, 7) is 2.24. The van der Waals surface area contributed by atoms with Crippen LogP contribution in [0.25, 0.3) is 0 Å². The van der Waals surface area contributed by atoms with Crippen molar-refractivity contribution in [1.29, 1.82) is 0 Å². The van der Waals surface area contributed by atoms with Gasteiger partial charge in [-0.3, -0.25) is 0 Å². The number of sulfonamides is 1. The Bertz CT molecular complexity index is 480. The summed E-state index contributed by atoms with van der Waals surface area (Å²) in [5.41, 5.74) is 0.925. The van der Waals surface area contributed by atoms with Crippen LogP contribution < -0.4 is 4.72 Å². The van der Waals surface area contributed by atoms with Crippen LogP contribution in [0.1, 0.15) is 18.4 Å². The van der Waals surface area contributed by atoms with Gasteiger partial charge < -0.3 is 0 Å². The fourth-order valence-electron chi connectivity index (χ4n) is 1.03. The van der Waals surface area contributed by atoms with Gasteiger partial charge in [-0.05, 0) is 40.9 Å². The highest BCUT2D eigenvalue weighted by Crippen LogP contribution is 2.30. The second-order valence-electron chi connectivity index (χ2n) is 3.23. The van der Waals surface area contributed by atoms with E-state index in [9.17, 15) is 8.42 Å². The monoisotopic (exact) mass is 321 g/mol. The number of terminal acetylenes is 1. The Morgan fingerprint density at radius 1 is 1.62 bits per heavy atom. The van der Waals surface area contributed by atoms with Gasteiger partial charge in [-0.25, -0.2) is 13.1 Å². The highest BCUT2D eigenvalue weighted by atomic mass is 79.9. The van der Waals surface area contributed by atoms with Gasteiger partial charge in [-0.1, -0.05) is 0 Å². The molecule has 0 unspecified atom stereocenters. The largest absolute Gasteiger partial charge is 0.250 e. The molecular weight excluding hydrogens is 310 g/mol. The molecule has 3 nitrogen and oxygen atoms in total. The second-order valence-corrected chi connectivity index (χ2v) is 7.59. The minimum atomic E-state index is -3.37. The number of unbranched alkanes of at least 4 members (excludes halogenated alkanes) is 1. The van der Waals surface area contributed by atoms with Gasteiger partial charge in [-0.15, -0.1) is 23.7 Å². The summed E-state index contributed by atoms with van der Waals surface area (Å²) in [7, 11) is -3.37. The molecule has 1 aromatic heterocycles. The summed E-state index contributed by atoms with van der Waals surface area (Å²) in [5, 5.41) is 0. The average molecular weight is 322 g/mol. The molecule has 0 saturated heterocycles. The van der Waals surface area contributed by atoms with Crippen LogP contribution in [-0.2, 0) is 10.0 Å². The van der Waals surface area contributed by atoms with Gasteiger partial charge in [0.15, 0.2) is 0 Å². The number of rotatable bonds is 5. The summed E-state index contributed by atoms with van der Waals surface area (Å²) < 4.78 is 27.3. The van der Waals surface area contributed by atoms with E-state index in [4.69, 9.17) is 6.42 Å². The lowest BCUT2D eigenvalue weighted by atomic mass is 10.3. The predicted octanol–water partition coefficient (Wildman–Crippen LogP) is 2.51. The first-order valence-electron chi connectivity index (χ1n) is 4.66. The highest BCUT2D eigenvalue weighted by molar-refractivity contribution is 9.11. The molecule has 0 bridgehead atoms. The lowest BCUT2D eigenvalue weighted by Crippen LogP contribution is -2.23. The van der Waals surface area contributed by atoms with Crippen LogP contribution in [0.5, 0.6) is 0 Å². The summed E-state index contributed by atoms with van der Waals surface area (Å²) in [6.07, 6.45) is 6.31. The standard InChI is InChI=1S/C10H12BrNO2S2/c1-3-4-5-6-12-16(13,14)9-7-8(2)10(11)15-9/h1,7,12H,4-6H2,2H3. The van der Waals surface area contributed by atoms with Gasteiger partial charge in [0.1, 0.15) is 4.21 Å². The van der Waals surface area contributed by atoms with Gasteiger partial charge in [0.2, 0.25) is 10.0 Å². The third kappa shape index (κ3) is 3.59. The molecule has 0 atom stereocenters. The van der Waals surface area contributed by atoms with E-state index in [2.05, 4.69) is 26.6 Å². The average Bonchev–Trinajstić information content (AvgIpc) is 2.55. The first-order chi connectivity index (χ1) is 7.47. The van der Waals surface area contributed by atoms with Gasteiger partial charge in [0.05, 0.1) is 3.79 Å². The third-order valence-corrected chi connectivity index (χ3v) is 5.96. The minimum Gasteiger partial charge on any atom is -0.210 e. The number of hydrogen-bond donors (Lipinski definition) is 1. The van der Waals surface area contributed by atoms with Gasteiger partial charge in [-0.2, -0.15) is 0 Å². The zero-order valence-corrected chi connectivity index (χ0v) is 12.0. The molecule has 0 fully saturated rings. The molecule has 0 aliphatic heterocycles. The van der Waals surface area contributed by atoms with Crippen molar-refractivity contribution < 1.29 is 8.42 Å². The van der Waals surface area contributed by atoms with Crippen molar-refractivity contribution in [2.75, 3.05) is 6.54 Å². The Hall–Kier alpha value is -0.350. The van der Waals surface area contributed by atoms with Crippen molar-refractivity contribution in [2.24, 2.45) is 0 Å². The quantitative estimate of drug-likeness (QED) is 0.669. The molecule has 1 rings (SSSR count). The molecule has 0 saturated carbocycles. The number of aryl methyl sites for hydroxylation is 1. The molecular formula is C10H12BrNO2S2.